The van der Waals surface area contributed by atoms with Gasteiger partial charge in [-0.3, -0.25) is 0 Å². The number of esters is 2. The first-order chi connectivity index (χ1) is 11.5. The molecule has 0 fully saturated rings. The van der Waals surface area contributed by atoms with E-state index in [1.54, 1.807) is 31.2 Å². The largest absolute Gasteiger partial charge is 0.462 e. The highest BCUT2D eigenvalue weighted by molar-refractivity contribution is 6.03. The lowest BCUT2D eigenvalue weighted by molar-refractivity contribution is -0.0287. The lowest BCUT2D eigenvalue weighted by Gasteiger charge is -2.32. The number of hydrogen-bond donors (Lipinski definition) is 0. The van der Waals surface area contributed by atoms with E-state index in [1.807, 2.05) is 13.8 Å². The van der Waals surface area contributed by atoms with Crippen molar-refractivity contribution >= 4 is 11.9 Å². The van der Waals surface area contributed by atoms with Crippen LogP contribution in [0, 0.1) is 0 Å². The van der Waals surface area contributed by atoms with Gasteiger partial charge in [0.25, 0.3) is 0 Å². The summed E-state index contributed by atoms with van der Waals surface area (Å²) in [5.74, 6) is -0.937. The standard InChI is InChI=1S/C20H30O4/c1-5-9-12-15-20(6-2,7-3)24-19(22)17-14-11-10-13-16(17)18(21)23-8-4/h10-11,13-14H,5-9,12,15H2,1-4H3. The van der Waals surface area contributed by atoms with E-state index in [0.29, 0.717) is 0 Å². The Bertz CT molecular complexity index is 532. The quantitative estimate of drug-likeness (QED) is 0.438. The van der Waals surface area contributed by atoms with E-state index < -0.39 is 17.5 Å². The smallest absolute Gasteiger partial charge is 0.339 e. The van der Waals surface area contributed by atoms with E-state index in [4.69, 9.17) is 9.47 Å². The van der Waals surface area contributed by atoms with Crippen LogP contribution in [0.15, 0.2) is 24.3 Å². The minimum absolute atomic E-state index is 0.263. The molecular weight excluding hydrogens is 304 g/mol. The predicted octanol–water partition coefficient (Wildman–Crippen LogP) is 5.16. The molecular formula is C20H30O4. The molecule has 1 aromatic carbocycles. The second kappa shape index (κ2) is 10.1. The molecule has 1 rings (SSSR count). The molecule has 0 spiro atoms. The second-order valence-electron chi connectivity index (χ2n) is 6.00. The van der Waals surface area contributed by atoms with Crippen molar-refractivity contribution in [3.05, 3.63) is 35.4 Å². The number of rotatable bonds is 10. The van der Waals surface area contributed by atoms with Crippen molar-refractivity contribution < 1.29 is 19.1 Å². The molecule has 4 heteroatoms. The van der Waals surface area contributed by atoms with Crippen molar-refractivity contribution in [3.8, 4) is 0 Å². The summed E-state index contributed by atoms with van der Waals surface area (Å²) in [6.45, 7) is 8.25. The van der Waals surface area contributed by atoms with Crippen LogP contribution in [-0.2, 0) is 9.47 Å². The molecule has 24 heavy (non-hydrogen) atoms. The molecule has 0 heterocycles. The average molecular weight is 334 g/mol. The van der Waals surface area contributed by atoms with Crippen molar-refractivity contribution in [2.75, 3.05) is 6.61 Å². The van der Waals surface area contributed by atoms with Crippen LogP contribution in [0.2, 0.25) is 0 Å². The lowest BCUT2D eigenvalue weighted by Crippen LogP contribution is -2.34. The zero-order valence-corrected chi connectivity index (χ0v) is 15.4. The third kappa shape index (κ3) is 5.36. The number of unbranched alkanes of at least 4 members (excludes halogenated alkanes) is 2. The van der Waals surface area contributed by atoms with Crippen molar-refractivity contribution in [3.63, 3.8) is 0 Å². The zero-order chi connectivity index (χ0) is 18.0. The van der Waals surface area contributed by atoms with E-state index in [0.717, 1.165) is 38.5 Å². The monoisotopic (exact) mass is 334 g/mol. The molecule has 0 aromatic heterocycles. The molecule has 0 aliphatic carbocycles. The first kappa shape index (κ1) is 20.2. The van der Waals surface area contributed by atoms with Crippen LogP contribution in [0.5, 0.6) is 0 Å². The van der Waals surface area contributed by atoms with Crippen LogP contribution >= 0.6 is 0 Å². The Hall–Kier alpha value is -1.84. The van der Waals surface area contributed by atoms with Crippen molar-refractivity contribution in [1.82, 2.24) is 0 Å². The van der Waals surface area contributed by atoms with Gasteiger partial charge in [-0.15, -0.1) is 0 Å². The molecule has 0 atom stereocenters. The van der Waals surface area contributed by atoms with Gasteiger partial charge in [-0.25, -0.2) is 9.59 Å². The molecule has 0 saturated carbocycles. The van der Waals surface area contributed by atoms with Crippen LogP contribution in [0.3, 0.4) is 0 Å². The number of hydrogen-bond acceptors (Lipinski definition) is 4. The lowest BCUT2D eigenvalue weighted by atomic mass is 9.90. The Kier molecular flexibility index (Phi) is 8.51. The molecule has 1 aromatic rings. The maximum Gasteiger partial charge on any atom is 0.339 e. The van der Waals surface area contributed by atoms with E-state index in [2.05, 4.69) is 6.92 Å². The highest BCUT2D eigenvalue weighted by Crippen LogP contribution is 2.29. The van der Waals surface area contributed by atoms with Gasteiger partial charge in [0.05, 0.1) is 17.7 Å². The summed E-state index contributed by atoms with van der Waals surface area (Å²) < 4.78 is 10.9. The Morgan fingerprint density at radius 2 is 1.50 bits per heavy atom. The third-order valence-electron chi connectivity index (χ3n) is 4.48. The molecule has 0 N–H and O–H groups in total. The topological polar surface area (TPSA) is 52.6 Å². The van der Waals surface area contributed by atoms with Gasteiger partial charge in [0.15, 0.2) is 0 Å². The fraction of sp³-hybridized carbons (Fsp3) is 0.600. The normalized spacial score (nSPS) is 11.2. The van der Waals surface area contributed by atoms with Crippen LogP contribution in [0.25, 0.3) is 0 Å². The number of benzene rings is 1. The second-order valence-corrected chi connectivity index (χ2v) is 6.00. The van der Waals surface area contributed by atoms with Gasteiger partial charge in [0.2, 0.25) is 0 Å². The van der Waals surface area contributed by atoms with Gasteiger partial charge >= 0.3 is 11.9 Å². The molecule has 134 valence electrons. The summed E-state index contributed by atoms with van der Waals surface area (Å²) in [6.07, 6.45) is 5.66. The van der Waals surface area contributed by atoms with Gasteiger partial charge in [0.1, 0.15) is 5.60 Å². The van der Waals surface area contributed by atoms with E-state index in [9.17, 15) is 9.59 Å². The Morgan fingerprint density at radius 3 is 2.00 bits per heavy atom. The minimum Gasteiger partial charge on any atom is -0.462 e. The third-order valence-corrected chi connectivity index (χ3v) is 4.48. The summed E-state index contributed by atoms with van der Waals surface area (Å²) >= 11 is 0. The molecule has 0 unspecified atom stereocenters. The van der Waals surface area contributed by atoms with Crippen molar-refractivity contribution in [2.45, 2.75) is 71.8 Å². The summed E-state index contributed by atoms with van der Waals surface area (Å²) in [6, 6.07) is 6.68. The number of carbonyl (C=O) groups excluding carboxylic acids is 2. The highest BCUT2D eigenvalue weighted by atomic mass is 16.6. The van der Waals surface area contributed by atoms with Crippen LogP contribution < -0.4 is 0 Å². The number of carbonyl (C=O) groups is 2. The summed E-state index contributed by atoms with van der Waals surface area (Å²) in [5.41, 5.74) is 0.0744. The van der Waals surface area contributed by atoms with E-state index in [-0.39, 0.29) is 17.7 Å². The van der Waals surface area contributed by atoms with Gasteiger partial charge < -0.3 is 9.47 Å². The summed E-state index contributed by atoms with van der Waals surface area (Å²) in [5, 5.41) is 0. The minimum atomic E-state index is -0.491. The SMILES string of the molecule is CCCCCC(CC)(CC)OC(=O)c1ccccc1C(=O)OCC. The highest BCUT2D eigenvalue weighted by Gasteiger charge is 2.31. The summed E-state index contributed by atoms with van der Waals surface area (Å²) in [4.78, 5) is 24.8. The Balaban J connectivity index is 2.98. The van der Waals surface area contributed by atoms with Gasteiger partial charge in [-0.05, 0) is 44.7 Å². The van der Waals surface area contributed by atoms with Crippen LogP contribution in [0.4, 0.5) is 0 Å². The number of ether oxygens (including phenoxy) is 2. The average Bonchev–Trinajstić information content (AvgIpc) is 2.61. The van der Waals surface area contributed by atoms with Gasteiger partial charge in [-0.1, -0.05) is 45.7 Å². The molecule has 4 nitrogen and oxygen atoms in total. The van der Waals surface area contributed by atoms with E-state index in [1.165, 1.54) is 0 Å². The first-order valence-corrected chi connectivity index (χ1v) is 9.03. The van der Waals surface area contributed by atoms with Gasteiger partial charge in [-0.2, -0.15) is 0 Å². The summed E-state index contributed by atoms with van der Waals surface area (Å²) in [7, 11) is 0. The molecule has 0 aliphatic heterocycles. The van der Waals surface area contributed by atoms with Gasteiger partial charge in [0, 0.05) is 0 Å². The fourth-order valence-corrected chi connectivity index (χ4v) is 2.80. The molecule has 0 saturated heterocycles. The van der Waals surface area contributed by atoms with Crippen LogP contribution in [0.1, 0.15) is 86.9 Å². The molecule has 0 amide bonds. The maximum absolute atomic E-state index is 12.7. The molecule has 0 bridgehead atoms. The van der Waals surface area contributed by atoms with Crippen LogP contribution in [-0.4, -0.2) is 24.1 Å². The first-order valence-electron chi connectivity index (χ1n) is 9.03. The van der Waals surface area contributed by atoms with E-state index >= 15 is 0 Å². The Morgan fingerprint density at radius 1 is 0.917 bits per heavy atom. The molecule has 0 aliphatic rings. The van der Waals surface area contributed by atoms with Crippen molar-refractivity contribution in [2.24, 2.45) is 0 Å². The zero-order valence-electron chi connectivity index (χ0n) is 15.4. The Labute approximate surface area is 145 Å². The maximum atomic E-state index is 12.7. The fourth-order valence-electron chi connectivity index (χ4n) is 2.80. The molecule has 0 radical (unpaired) electrons. The predicted molar refractivity (Wildman–Crippen MR) is 95.3 cm³/mol. The van der Waals surface area contributed by atoms with Crippen molar-refractivity contribution in [1.29, 1.82) is 0 Å².